The second-order valence-corrected chi connectivity index (χ2v) is 3.42. The number of urea groups is 1. The molecule has 0 unspecified atom stereocenters. The van der Waals surface area contributed by atoms with E-state index in [2.05, 4.69) is 5.32 Å². The molecule has 1 aliphatic rings. The van der Waals surface area contributed by atoms with Crippen molar-refractivity contribution in [3.8, 4) is 0 Å². The number of benzene rings is 1. The summed E-state index contributed by atoms with van der Waals surface area (Å²) in [6, 6.07) is 3.05. The molecule has 3 amide bonds. The minimum atomic E-state index is -0.662. The van der Waals surface area contributed by atoms with E-state index in [9.17, 15) is 14.0 Å². The van der Waals surface area contributed by atoms with Gasteiger partial charge in [-0.1, -0.05) is 11.6 Å². The average molecular weight is 229 g/mol. The minimum Gasteiger partial charge on any atom is -0.328 e. The van der Waals surface area contributed by atoms with E-state index in [-0.39, 0.29) is 17.3 Å². The number of imide groups is 1. The molecular formula is C9H6ClFN2O2. The molecule has 6 heteroatoms. The van der Waals surface area contributed by atoms with Gasteiger partial charge in [0.2, 0.25) is 0 Å². The zero-order valence-corrected chi connectivity index (χ0v) is 8.21. The number of halogens is 2. The van der Waals surface area contributed by atoms with Gasteiger partial charge in [-0.2, -0.15) is 0 Å². The lowest BCUT2D eigenvalue weighted by Crippen LogP contribution is -2.31. The number of anilines is 1. The van der Waals surface area contributed by atoms with Crippen molar-refractivity contribution in [3.05, 3.63) is 29.0 Å². The Hall–Kier alpha value is -1.62. The molecule has 0 radical (unpaired) electrons. The maximum atomic E-state index is 13.3. The van der Waals surface area contributed by atoms with E-state index in [1.165, 1.54) is 12.1 Å². The Morgan fingerprint density at radius 1 is 1.40 bits per heavy atom. The molecule has 2 rings (SSSR count). The Balaban J connectivity index is 2.48. The van der Waals surface area contributed by atoms with Crippen molar-refractivity contribution in [1.29, 1.82) is 0 Å². The zero-order valence-electron chi connectivity index (χ0n) is 7.46. The predicted octanol–water partition coefficient (Wildman–Crippen LogP) is 1.54. The number of carbonyl (C=O) groups is 2. The van der Waals surface area contributed by atoms with Crippen molar-refractivity contribution in [2.45, 2.75) is 0 Å². The van der Waals surface area contributed by atoms with Crippen molar-refractivity contribution in [3.63, 3.8) is 0 Å². The van der Waals surface area contributed by atoms with E-state index >= 15 is 0 Å². The Bertz CT molecular complexity index is 434. The van der Waals surface area contributed by atoms with Crippen LogP contribution in [0.15, 0.2) is 18.2 Å². The number of nitrogens with one attached hydrogen (secondary N) is 1. The van der Waals surface area contributed by atoms with Crippen LogP contribution in [0.2, 0.25) is 5.02 Å². The molecule has 78 valence electrons. The summed E-state index contributed by atoms with van der Waals surface area (Å²) in [5.74, 6) is -1.16. The van der Waals surface area contributed by atoms with Gasteiger partial charge in [0.05, 0.1) is 12.2 Å². The summed E-state index contributed by atoms with van der Waals surface area (Å²) in [5.41, 5.74) is -0.123. The first-order chi connectivity index (χ1) is 7.09. The molecule has 1 N–H and O–H groups in total. The number of amides is 3. The predicted molar refractivity (Wildman–Crippen MR) is 52.3 cm³/mol. The van der Waals surface area contributed by atoms with Crippen LogP contribution in [-0.2, 0) is 4.79 Å². The van der Waals surface area contributed by atoms with Crippen LogP contribution in [0.1, 0.15) is 0 Å². The Labute approximate surface area is 89.6 Å². The summed E-state index contributed by atoms with van der Waals surface area (Å²) in [6.07, 6.45) is 0. The first-order valence-electron chi connectivity index (χ1n) is 4.15. The van der Waals surface area contributed by atoms with Gasteiger partial charge in [0.25, 0.3) is 5.91 Å². The van der Waals surface area contributed by atoms with Crippen LogP contribution in [0.4, 0.5) is 14.9 Å². The molecule has 1 aromatic carbocycles. The highest BCUT2D eigenvalue weighted by Crippen LogP contribution is 2.25. The smallest absolute Gasteiger partial charge is 0.328 e. The van der Waals surface area contributed by atoms with E-state index < -0.39 is 17.8 Å². The standard InChI is InChI=1S/C9H6ClFN2O2/c10-5-1-2-6(11)7(3-5)13-8(14)4-12-9(13)15/h1-3H,4H2,(H,12,15). The maximum Gasteiger partial charge on any atom is 0.329 e. The lowest BCUT2D eigenvalue weighted by atomic mass is 10.3. The molecule has 1 fully saturated rings. The van der Waals surface area contributed by atoms with Crippen LogP contribution in [-0.4, -0.2) is 18.5 Å². The third-order valence-corrected chi connectivity index (χ3v) is 2.23. The van der Waals surface area contributed by atoms with Crippen LogP contribution in [0.3, 0.4) is 0 Å². The Morgan fingerprint density at radius 2 is 2.13 bits per heavy atom. The summed E-state index contributed by atoms with van der Waals surface area (Å²) < 4.78 is 13.3. The molecule has 0 saturated carbocycles. The van der Waals surface area contributed by atoms with Gasteiger partial charge in [-0.25, -0.2) is 14.1 Å². The fourth-order valence-electron chi connectivity index (χ4n) is 1.32. The van der Waals surface area contributed by atoms with E-state index in [1.54, 1.807) is 0 Å². The van der Waals surface area contributed by atoms with Crippen LogP contribution < -0.4 is 10.2 Å². The minimum absolute atomic E-state index is 0.120. The second-order valence-electron chi connectivity index (χ2n) is 2.98. The molecular weight excluding hydrogens is 223 g/mol. The van der Waals surface area contributed by atoms with Gasteiger partial charge >= 0.3 is 6.03 Å². The van der Waals surface area contributed by atoms with Gasteiger partial charge in [0.15, 0.2) is 0 Å². The average Bonchev–Trinajstić information content (AvgIpc) is 2.51. The monoisotopic (exact) mass is 228 g/mol. The molecule has 1 aromatic rings. The van der Waals surface area contributed by atoms with Crippen molar-refractivity contribution in [1.82, 2.24) is 5.32 Å². The number of hydrogen-bond donors (Lipinski definition) is 1. The third-order valence-electron chi connectivity index (χ3n) is 1.99. The lowest BCUT2D eigenvalue weighted by Gasteiger charge is -2.13. The first kappa shape index (κ1) is 9.92. The topological polar surface area (TPSA) is 49.4 Å². The maximum absolute atomic E-state index is 13.3. The highest BCUT2D eigenvalue weighted by molar-refractivity contribution is 6.31. The Morgan fingerprint density at radius 3 is 2.73 bits per heavy atom. The molecule has 1 heterocycles. The number of hydrogen-bond acceptors (Lipinski definition) is 2. The first-order valence-corrected chi connectivity index (χ1v) is 4.53. The van der Waals surface area contributed by atoms with Gasteiger partial charge in [0.1, 0.15) is 5.82 Å². The van der Waals surface area contributed by atoms with Crippen LogP contribution >= 0.6 is 11.6 Å². The van der Waals surface area contributed by atoms with Gasteiger partial charge in [0, 0.05) is 5.02 Å². The van der Waals surface area contributed by atoms with E-state index in [0.717, 1.165) is 11.0 Å². The van der Waals surface area contributed by atoms with E-state index in [1.807, 2.05) is 0 Å². The SMILES string of the molecule is O=C1CNC(=O)N1c1cc(Cl)ccc1F. The number of rotatable bonds is 1. The van der Waals surface area contributed by atoms with Crippen molar-refractivity contribution in [2.75, 3.05) is 11.4 Å². The van der Waals surface area contributed by atoms with Gasteiger partial charge in [-0.05, 0) is 18.2 Å². The Kier molecular flexibility index (Phi) is 2.32. The van der Waals surface area contributed by atoms with Crippen LogP contribution in [0.25, 0.3) is 0 Å². The van der Waals surface area contributed by atoms with Crippen LogP contribution in [0, 0.1) is 5.82 Å². The highest BCUT2D eigenvalue weighted by atomic mass is 35.5. The fourth-order valence-corrected chi connectivity index (χ4v) is 1.49. The van der Waals surface area contributed by atoms with Crippen LogP contribution in [0.5, 0.6) is 0 Å². The third kappa shape index (κ3) is 1.66. The zero-order chi connectivity index (χ0) is 11.0. The molecule has 0 atom stereocenters. The van der Waals surface area contributed by atoms with Gasteiger partial charge in [-0.3, -0.25) is 4.79 Å². The summed E-state index contributed by atoms with van der Waals surface area (Å²) in [7, 11) is 0. The normalized spacial score (nSPS) is 15.7. The molecule has 4 nitrogen and oxygen atoms in total. The number of carbonyl (C=O) groups excluding carboxylic acids is 2. The lowest BCUT2D eigenvalue weighted by molar-refractivity contribution is -0.115. The number of nitrogens with zero attached hydrogens (tertiary/aromatic N) is 1. The summed E-state index contributed by atoms with van der Waals surface area (Å²) in [5, 5.41) is 2.56. The van der Waals surface area contributed by atoms with Gasteiger partial charge in [-0.15, -0.1) is 0 Å². The highest BCUT2D eigenvalue weighted by Gasteiger charge is 2.31. The fraction of sp³-hybridized carbons (Fsp3) is 0.111. The summed E-state index contributed by atoms with van der Waals surface area (Å²) in [6.45, 7) is -0.120. The molecule has 1 saturated heterocycles. The molecule has 1 aliphatic heterocycles. The molecule has 15 heavy (non-hydrogen) atoms. The van der Waals surface area contributed by atoms with Gasteiger partial charge < -0.3 is 5.32 Å². The van der Waals surface area contributed by atoms with Crippen molar-refractivity contribution >= 4 is 29.2 Å². The summed E-state index contributed by atoms with van der Waals surface area (Å²) in [4.78, 5) is 23.3. The summed E-state index contributed by atoms with van der Waals surface area (Å²) >= 11 is 5.65. The van der Waals surface area contributed by atoms with E-state index in [0.29, 0.717) is 0 Å². The quantitative estimate of drug-likeness (QED) is 0.742. The van der Waals surface area contributed by atoms with Crippen molar-refractivity contribution < 1.29 is 14.0 Å². The molecule has 0 aromatic heterocycles. The molecule has 0 spiro atoms. The second kappa shape index (κ2) is 3.51. The molecule has 0 bridgehead atoms. The van der Waals surface area contributed by atoms with Crippen molar-refractivity contribution in [2.24, 2.45) is 0 Å². The van der Waals surface area contributed by atoms with E-state index in [4.69, 9.17) is 11.6 Å². The molecule has 0 aliphatic carbocycles. The largest absolute Gasteiger partial charge is 0.329 e.